The molecule has 0 saturated carbocycles. The Hall–Kier alpha value is -1.75. The molecule has 0 bridgehead atoms. The Labute approximate surface area is 119 Å². The van der Waals surface area contributed by atoms with Crippen molar-refractivity contribution in [3.8, 4) is 5.75 Å². The highest BCUT2D eigenvalue weighted by molar-refractivity contribution is 5.94. The lowest BCUT2D eigenvalue weighted by atomic mass is 10.1. The molecule has 1 heterocycles. The number of hydrogen-bond donors (Lipinski definition) is 1. The van der Waals surface area contributed by atoms with E-state index in [1.165, 1.54) is 6.42 Å². The topological polar surface area (TPSA) is 53.0 Å². The molecule has 0 amide bonds. The van der Waals surface area contributed by atoms with Gasteiger partial charge in [-0.05, 0) is 38.6 Å². The van der Waals surface area contributed by atoms with Gasteiger partial charge >= 0.3 is 5.97 Å². The summed E-state index contributed by atoms with van der Waals surface area (Å²) in [7, 11) is 5.65. The highest BCUT2D eigenvalue weighted by atomic mass is 16.5. The third-order valence-electron chi connectivity index (χ3n) is 4.00. The van der Waals surface area contributed by atoms with Crippen LogP contribution in [0.3, 0.4) is 0 Å². The number of rotatable bonds is 5. The van der Waals surface area contributed by atoms with Crippen LogP contribution in [0.4, 0.5) is 5.69 Å². The van der Waals surface area contributed by atoms with Crippen molar-refractivity contribution in [2.75, 3.05) is 39.2 Å². The van der Waals surface area contributed by atoms with E-state index < -0.39 is 5.97 Å². The first-order valence-electron chi connectivity index (χ1n) is 6.85. The van der Waals surface area contributed by atoms with Gasteiger partial charge in [0, 0.05) is 25.7 Å². The van der Waals surface area contributed by atoms with Crippen molar-refractivity contribution >= 4 is 11.7 Å². The summed E-state index contributed by atoms with van der Waals surface area (Å²) < 4.78 is 5.20. The minimum absolute atomic E-state index is 0.314. The number of carboxylic acid groups (broad SMARTS) is 1. The summed E-state index contributed by atoms with van der Waals surface area (Å²) in [6, 6.07) is 5.56. The molecular weight excluding hydrogens is 256 g/mol. The molecule has 1 atom stereocenters. The van der Waals surface area contributed by atoms with Crippen molar-refractivity contribution in [3.63, 3.8) is 0 Å². The van der Waals surface area contributed by atoms with Gasteiger partial charge in [-0.25, -0.2) is 4.79 Å². The molecule has 0 radical (unpaired) electrons. The number of likely N-dealkylation sites (N-methyl/N-ethyl adjacent to an activating group) is 2. The second-order valence-electron chi connectivity index (χ2n) is 5.35. The van der Waals surface area contributed by atoms with Gasteiger partial charge in [0.05, 0.1) is 18.4 Å². The van der Waals surface area contributed by atoms with Crippen molar-refractivity contribution in [2.24, 2.45) is 0 Å². The van der Waals surface area contributed by atoms with Gasteiger partial charge in [-0.15, -0.1) is 0 Å². The molecule has 1 aromatic carbocycles. The lowest BCUT2D eigenvalue weighted by Crippen LogP contribution is -2.37. The van der Waals surface area contributed by atoms with Gasteiger partial charge in [-0.3, -0.25) is 0 Å². The van der Waals surface area contributed by atoms with Crippen LogP contribution in [0.1, 0.15) is 23.2 Å². The number of anilines is 1. The highest BCUT2D eigenvalue weighted by Crippen LogP contribution is 2.27. The Bertz CT molecular complexity index is 490. The smallest absolute Gasteiger partial charge is 0.337 e. The summed E-state index contributed by atoms with van der Waals surface area (Å²) in [6.45, 7) is 1.94. The van der Waals surface area contributed by atoms with E-state index in [4.69, 9.17) is 4.74 Å². The molecule has 2 rings (SSSR count). The number of nitrogens with zero attached hydrogens (tertiary/aromatic N) is 2. The Kier molecular flexibility index (Phi) is 4.49. The van der Waals surface area contributed by atoms with Crippen molar-refractivity contribution in [2.45, 2.75) is 18.9 Å². The summed E-state index contributed by atoms with van der Waals surface area (Å²) >= 11 is 0. The number of methoxy groups -OCH3 is 1. The van der Waals surface area contributed by atoms with E-state index in [0.717, 1.165) is 19.5 Å². The lowest BCUT2D eigenvalue weighted by molar-refractivity contribution is 0.0697. The van der Waals surface area contributed by atoms with Crippen LogP contribution in [0.5, 0.6) is 5.75 Å². The molecule has 5 nitrogen and oxygen atoms in total. The molecule has 1 aliphatic heterocycles. The molecule has 1 unspecified atom stereocenters. The van der Waals surface area contributed by atoms with Crippen LogP contribution < -0.4 is 9.64 Å². The van der Waals surface area contributed by atoms with Gasteiger partial charge in [0.15, 0.2) is 0 Å². The third-order valence-corrected chi connectivity index (χ3v) is 4.00. The lowest BCUT2D eigenvalue weighted by Gasteiger charge is -2.28. The van der Waals surface area contributed by atoms with E-state index in [1.807, 2.05) is 11.9 Å². The normalized spacial score (nSPS) is 19.1. The molecule has 20 heavy (non-hydrogen) atoms. The first-order chi connectivity index (χ1) is 9.52. The van der Waals surface area contributed by atoms with Gasteiger partial charge in [-0.2, -0.15) is 0 Å². The van der Waals surface area contributed by atoms with E-state index in [1.54, 1.807) is 25.3 Å². The number of likely N-dealkylation sites (tertiary alicyclic amines) is 1. The van der Waals surface area contributed by atoms with Crippen LogP contribution in [0.2, 0.25) is 0 Å². The van der Waals surface area contributed by atoms with Crippen molar-refractivity contribution < 1.29 is 14.6 Å². The summed E-state index contributed by atoms with van der Waals surface area (Å²) in [4.78, 5) is 15.7. The minimum Gasteiger partial charge on any atom is -0.497 e. The summed E-state index contributed by atoms with van der Waals surface area (Å²) in [5.41, 5.74) is 1.02. The van der Waals surface area contributed by atoms with Crippen LogP contribution >= 0.6 is 0 Å². The Balaban J connectivity index is 2.22. The van der Waals surface area contributed by atoms with E-state index >= 15 is 0 Å². The van der Waals surface area contributed by atoms with E-state index in [2.05, 4.69) is 11.9 Å². The van der Waals surface area contributed by atoms with Crippen molar-refractivity contribution in [3.05, 3.63) is 23.8 Å². The molecule has 1 aliphatic rings. The maximum Gasteiger partial charge on any atom is 0.337 e. The molecule has 1 aromatic rings. The number of carboxylic acids is 1. The Morgan fingerprint density at radius 1 is 1.55 bits per heavy atom. The van der Waals surface area contributed by atoms with Crippen LogP contribution in [-0.4, -0.2) is 56.3 Å². The molecule has 0 aromatic heterocycles. The van der Waals surface area contributed by atoms with Gasteiger partial charge in [0.2, 0.25) is 0 Å². The Morgan fingerprint density at radius 2 is 2.30 bits per heavy atom. The number of aromatic carboxylic acids is 1. The molecule has 0 spiro atoms. The second-order valence-corrected chi connectivity index (χ2v) is 5.35. The highest BCUT2D eigenvalue weighted by Gasteiger charge is 2.24. The summed E-state index contributed by atoms with van der Waals surface area (Å²) in [5, 5.41) is 9.31. The largest absolute Gasteiger partial charge is 0.497 e. The fourth-order valence-corrected chi connectivity index (χ4v) is 2.76. The van der Waals surface area contributed by atoms with Crippen LogP contribution in [0.15, 0.2) is 18.2 Å². The van der Waals surface area contributed by atoms with E-state index in [9.17, 15) is 9.90 Å². The molecule has 1 saturated heterocycles. The standard InChI is InChI=1S/C15H22N2O3/c1-16-8-4-5-11(16)10-17(2)14-9-12(20-3)6-7-13(14)15(18)19/h6-7,9,11H,4-5,8,10H2,1-3H3,(H,18,19). The molecule has 110 valence electrons. The van der Waals surface area contributed by atoms with Crippen LogP contribution in [0, 0.1) is 0 Å². The van der Waals surface area contributed by atoms with Gasteiger partial charge < -0.3 is 19.6 Å². The second kappa shape index (κ2) is 6.13. The first kappa shape index (κ1) is 14.7. The predicted molar refractivity (Wildman–Crippen MR) is 78.9 cm³/mol. The van der Waals surface area contributed by atoms with Crippen LogP contribution in [-0.2, 0) is 0 Å². The monoisotopic (exact) mass is 278 g/mol. The minimum atomic E-state index is -0.908. The van der Waals surface area contributed by atoms with Gasteiger partial charge in [-0.1, -0.05) is 0 Å². The van der Waals surface area contributed by atoms with Gasteiger partial charge in [0.1, 0.15) is 5.75 Å². The molecule has 5 heteroatoms. The average molecular weight is 278 g/mol. The number of ether oxygens (including phenoxy) is 1. The number of carbonyl (C=O) groups is 1. The maximum atomic E-state index is 11.3. The predicted octanol–water partition coefficient (Wildman–Crippen LogP) is 1.92. The van der Waals surface area contributed by atoms with Crippen molar-refractivity contribution in [1.82, 2.24) is 4.90 Å². The van der Waals surface area contributed by atoms with E-state index in [0.29, 0.717) is 23.0 Å². The first-order valence-corrected chi connectivity index (χ1v) is 6.85. The number of hydrogen-bond acceptors (Lipinski definition) is 4. The van der Waals surface area contributed by atoms with Gasteiger partial charge in [0.25, 0.3) is 0 Å². The average Bonchev–Trinajstić information content (AvgIpc) is 2.83. The zero-order valence-corrected chi connectivity index (χ0v) is 12.3. The molecule has 0 aliphatic carbocycles. The molecule has 1 fully saturated rings. The summed E-state index contributed by atoms with van der Waals surface area (Å²) in [5.74, 6) is -0.231. The quantitative estimate of drug-likeness (QED) is 0.892. The zero-order valence-electron chi connectivity index (χ0n) is 12.3. The maximum absolute atomic E-state index is 11.3. The fraction of sp³-hybridized carbons (Fsp3) is 0.533. The fourth-order valence-electron chi connectivity index (χ4n) is 2.76. The SMILES string of the molecule is COc1ccc(C(=O)O)c(N(C)CC2CCCN2C)c1. The Morgan fingerprint density at radius 3 is 2.85 bits per heavy atom. The molecule has 1 N–H and O–H groups in total. The third kappa shape index (κ3) is 3.04. The van der Waals surface area contributed by atoms with E-state index in [-0.39, 0.29) is 0 Å². The molecular formula is C15H22N2O3. The van der Waals surface area contributed by atoms with Crippen LogP contribution in [0.25, 0.3) is 0 Å². The van der Waals surface area contributed by atoms with Crippen molar-refractivity contribution in [1.29, 1.82) is 0 Å². The zero-order chi connectivity index (χ0) is 14.7. The number of benzene rings is 1. The summed E-state index contributed by atoms with van der Waals surface area (Å²) in [6.07, 6.45) is 2.37.